The maximum Gasteiger partial charge on any atom is 0.421 e. The Morgan fingerprint density at radius 2 is 2.13 bits per heavy atom. The molecule has 1 aliphatic rings. The number of nitrogens with zero attached hydrogens (tertiary/aromatic N) is 3. The standard InChI is InChI=1S/C19H22F3N5O3/c1-11-6-14(25-18-24-8-13(19(20,21)22)17(23-2)26-18)15(29-3)7-12(11)16-9-27(10-28)4-5-30-16/h6-8,10,16H,4-5,9H2,1-3H3,(H2,23,24,25,26). The molecule has 1 fully saturated rings. The molecule has 2 aromatic rings. The van der Waals surface area contributed by atoms with Crippen LogP contribution in [0.3, 0.4) is 0 Å². The van der Waals surface area contributed by atoms with Crippen LogP contribution in [0.2, 0.25) is 0 Å². The minimum Gasteiger partial charge on any atom is -0.495 e. The Hall–Kier alpha value is -3.08. The maximum atomic E-state index is 13.0. The van der Waals surface area contributed by atoms with E-state index >= 15 is 0 Å². The Morgan fingerprint density at radius 3 is 2.77 bits per heavy atom. The van der Waals surface area contributed by atoms with E-state index in [1.807, 2.05) is 6.92 Å². The van der Waals surface area contributed by atoms with Gasteiger partial charge in [-0.05, 0) is 30.2 Å². The second kappa shape index (κ2) is 8.74. The molecule has 2 N–H and O–H groups in total. The average Bonchev–Trinajstić information content (AvgIpc) is 2.73. The summed E-state index contributed by atoms with van der Waals surface area (Å²) in [5.41, 5.74) is 1.25. The molecule has 1 aromatic carbocycles. The van der Waals surface area contributed by atoms with Gasteiger partial charge in [-0.2, -0.15) is 18.2 Å². The van der Waals surface area contributed by atoms with Crippen molar-refractivity contribution >= 4 is 23.9 Å². The fourth-order valence-corrected chi connectivity index (χ4v) is 3.23. The largest absolute Gasteiger partial charge is 0.495 e. The number of ether oxygens (including phenoxy) is 2. The van der Waals surface area contributed by atoms with Gasteiger partial charge in [0.25, 0.3) is 0 Å². The van der Waals surface area contributed by atoms with Gasteiger partial charge in [0, 0.05) is 19.8 Å². The van der Waals surface area contributed by atoms with Gasteiger partial charge in [-0.1, -0.05) is 0 Å². The Morgan fingerprint density at radius 1 is 1.37 bits per heavy atom. The first-order valence-electron chi connectivity index (χ1n) is 9.15. The minimum atomic E-state index is -4.57. The fraction of sp³-hybridized carbons (Fsp3) is 0.421. The van der Waals surface area contributed by atoms with E-state index in [9.17, 15) is 18.0 Å². The second-order valence-electron chi connectivity index (χ2n) is 6.70. The third-order valence-corrected chi connectivity index (χ3v) is 4.76. The summed E-state index contributed by atoms with van der Waals surface area (Å²) in [6.45, 7) is 3.26. The molecular formula is C19H22F3N5O3. The van der Waals surface area contributed by atoms with Crippen molar-refractivity contribution in [1.82, 2.24) is 14.9 Å². The number of morpholine rings is 1. The Labute approximate surface area is 171 Å². The number of anilines is 3. The molecule has 30 heavy (non-hydrogen) atoms. The van der Waals surface area contributed by atoms with Crippen LogP contribution >= 0.6 is 0 Å². The van der Waals surface area contributed by atoms with Crippen LogP contribution in [0, 0.1) is 6.92 Å². The molecule has 1 aliphatic heterocycles. The van der Waals surface area contributed by atoms with Gasteiger partial charge in [0.1, 0.15) is 23.2 Å². The summed E-state index contributed by atoms with van der Waals surface area (Å²) in [6, 6.07) is 3.55. The van der Waals surface area contributed by atoms with E-state index in [2.05, 4.69) is 20.6 Å². The zero-order chi connectivity index (χ0) is 21.9. The number of aromatic nitrogens is 2. The third kappa shape index (κ3) is 4.56. The van der Waals surface area contributed by atoms with E-state index in [-0.39, 0.29) is 17.9 Å². The first-order chi connectivity index (χ1) is 14.3. The zero-order valence-electron chi connectivity index (χ0n) is 16.7. The first-order valence-corrected chi connectivity index (χ1v) is 9.15. The molecule has 1 atom stereocenters. The number of methoxy groups -OCH3 is 1. The number of rotatable bonds is 6. The van der Waals surface area contributed by atoms with Gasteiger partial charge in [-0.15, -0.1) is 0 Å². The van der Waals surface area contributed by atoms with Gasteiger partial charge in [0.15, 0.2) is 0 Å². The third-order valence-electron chi connectivity index (χ3n) is 4.76. The quantitative estimate of drug-likeness (QED) is 0.688. The highest BCUT2D eigenvalue weighted by molar-refractivity contribution is 5.66. The summed E-state index contributed by atoms with van der Waals surface area (Å²) in [5.74, 6) is 0.0904. The summed E-state index contributed by atoms with van der Waals surface area (Å²) < 4.78 is 50.4. The number of hydrogen-bond acceptors (Lipinski definition) is 7. The summed E-state index contributed by atoms with van der Waals surface area (Å²) >= 11 is 0. The number of hydrogen-bond donors (Lipinski definition) is 2. The van der Waals surface area contributed by atoms with Crippen molar-refractivity contribution in [1.29, 1.82) is 0 Å². The van der Waals surface area contributed by atoms with Crippen molar-refractivity contribution < 1.29 is 27.4 Å². The first kappa shape index (κ1) is 21.6. The zero-order valence-corrected chi connectivity index (χ0v) is 16.7. The Kier molecular flexibility index (Phi) is 6.30. The smallest absolute Gasteiger partial charge is 0.421 e. The lowest BCUT2D eigenvalue weighted by Gasteiger charge is -2.31. The van der Waals surface area contributed by atoms with Crippen molar-refractivity contribution in [3.63, 3.8) is 0 Å². The number of nitrogens with one attached hydrogen (secondary N) is 2. The SMILES string of the molecule is CNc1nc(Nc2cc(C)c(C3CN(C=O)CCO3)cc2OC)ncc1C(F)(F)F. The molecule has 11 heteroatoms. The molecule has 0 radical (unpaired) electrons. The van der Waals surface area contributed by atoms with Crippen LogP contribution in [-0.4, -0.2) is 55.1 Å². The lowest BCUT2D eigenvalue weighted by Crippen LogP contribution is -2.37. The van der Waals surface area contributed by atoms with Crippen LogP contribution in [0.4, 0.5) is 30.6 Å². The molecule has 3 rings (SSSR count). The molecule has 1 amide bonds. The van der Waals surface area contributed by atoms with E-state index in [1.165, 1.54) is 14.2 Å². The number of carbonyl (C=O) groups excluding carboxylic acids is 1. The van der Waals surface area contributed by atoms with Crippen molar-refractivity contribution in [2.75, 3.05) is 44.5 Å². The maximum absolute atomic E-state index is 13.0. The molecule has 0 spiro atoms. The van der Waals surface area contributed by atoms with Crippen LogP contribution in [0.5, 0.6) is 5.75 Å². The minimum absolute atomic E-state index is 0.0150. The van der Waals surface area contributed by atoms with E-state index in [1.54, 1.807) is 17.0 Å². The molecular weight excluding hydrogens is 403 g/mol. The van der Waals surface area contributed by atoms with E-state index in [4.69, 9.17) is 9.47 Å². The van der Waals surface area contributed by atoms with Gasteiger partial charge in [0.2, 0.25) is 12.4 Å². The highest BCUT2D eigenvalue weighted by Gasteiger charge is 2.35. The summed E-state index contributed by atoms with van der Waals surface area (Å²) in [6.07, 6.45) is -3.36. The van der Waals surface area contributed by atoms with Crippen molar-refractivity contribution in [3.05, 3.63) is 35.0 Å². The van der Waals surface area contributed by atoms with Crippen LogP contribution in [0.1, 0.15) is 22.8 Å². The lowest BCUT2D eigenvalue weighted by molar-refractivity contribution is -0.137. The van der Waals surface area contributed by atoms with Crippen LogP contribution in [0.15, 0.2) is 18.3 Å². The monoisotopic (exact) mass is 425 g/mol. The number of aryl methyl sites for hydroxylation is 1. The molecule has 8 nitrogen and oxygen atoms in total. The van der Waals surface area contributed by atoms with Crippen molar-refractivity contribution in [2.45, 2.75) is 19.2 Å². The molecule has 0 bridgehead atoms. The molecule has 2 heterocycles. The Balaban J connectivity index is 1.90. The number of halogens is 3. The molecule has 0 aliphatic carbocycles. The number of alkyl halides is 3. The van der Waals surface area contributed by atoms with Gasteiger partial charge in [-0.25, -0.2) is 4.98 Å². The van der Waals surface area contributed by atoms with Gasteiger partial charge in [-0.3, -0.25) is 4.79 Å². The summed E-state index contributed by atoms with van der Waals surface area (Å²) in [4.78, 5) is 20.4. The van der Waals surface area contributed by atoms with E-state index < -0.39 is 11.7 Å². The topological polar surface area (TPSA) is 88.6 Å². The number of amides is 1. The highest BCUT2D eigenvalue weighted by Crippen LogP contribution is 2.36. The van der Waals surface area contributed by atoms with Crippen LogP contribution < -0.4 is 15.4 Å². The van der Waals surface area contributed by atoms with Crippen LogP contribution in [-0.2, 0) is 15.7 Å². The summed E-state index contributed by atoms with van der Waals surface area (Å²) in [7, 11) is 2.83. The van der Waals surface area contributed by atoms with Gasteiger partial charge < -0.3 is 25.0 Å². The normalized spacial score (nSPS) is 16.9. The number of benzene rings is 1. The van der Waals surface area contributed by atoms with Gasteiger partial charge in [0.05, 0.1) is 25.9 Å². The predicted octanol–water partition coefficient (Wildman–Crippen LogP) is 3.13. The molecule has 1 aromatic heterocycles. The number of carbonyl (C=O) groups is 1. The predicted molar refractivity (Wildman–Crippen MR) is 104 cm³/mol. The highest BCUT2D eigenvalue weighted by atomic mass is 19.4. The second-order valence-corrected chi connectivity index (χ2v) is 6.70. The van der Waals surface area contributed by atoms with Crippen molar-refractivity contribution in [2.24, 2.45) is 0 Å². The van der Waals surface area contributed by atoms with E-state index in [0.29, 0.717) is 31.1 Å². The molecule has 162 valence electrons. The fourth-order valence-electron chi connectivity index (χ4n) is 3.23. The Bertz CT molecular complexity index is 923. The molecule has 1 saturated heterocycles. The summed E-state index contributed by atoms with van der Waals surface area (Å²) in [5, 5.41) is 5.34. The van der Waals surface area contributed by atoms with Crippen LogP contribution in [0.25, 0.3) is 0 Å². The van der Waals surface area contributed by atoms with Crippen molar-refractivity contribution in [3.8, 4) is 5.75 Å². The molecule has 0 saturated carbocycles. The van der Waals surface area contributed by atoms with E-state index in [0.717, 1.165) is 23.7 Å². The molecule has 1 unspecified atom stereocenters. The lowest BCUT2D eigenvalue weighted by atomic mass is 10.0. The average molecular weight is 425 g/mol. The van der Waals surface area contributed by atoms with Gasteiger partial charge >= 0.3 is 6.18 Å².